The maximum atomic E-state index is 11.7. The zero-order chi connectivity index (χ0) is 46.8. The number of nitrogens with zero attached hydrogens (tertiary/aromatic N) is 6. The average Bonchev–Trinajstić information content (AvgIpc) is 3.98. The van der Waals surface area contributed by atoms with E-state index in [4.69, 9.17) is 27.9 Å². The van der Waals surface area contributed by atoms with Gasteiger partial charge in [-0.15, -0.1) is 0 Å². The SMILES string of the molecule is CC(=O)c1cccc(-n2ncc3ccc(B4OC(C)(C)C(C)(C)O4)cc32)n1.CC(=O)c1cccc(-n2ncc3ccc(Br)cc32)n1.CC1(C)OB(B2OC(C)(C)C(C)(C)O2)OC1(C)C. The third-order valence-electron chi connectivity index (χ3n) is 13.0. The van der Waals surface area contributed by atoms with Gasteiger partial charge in [-0.25, -0.2) is 19.3 Å². The fourth-order valence-electron chi connectivity index (χ4n) is 6.99. The Bertz CT molecular complexity index is 2650. The van der Waals surface area contributed by atoms with Crippen molar-refractivity contribution >= 4 is 75.9 Å². The van der Waals surface area contributed by atoms with Crippen LogP contribution in [0.4, 0.5) is 0 Å². The number of hydrogen-bond acceptors (Lipinski definition) is 12. The van der Waals surface area contributed by atoms with E-state index < -0.39 is 32.3 Å². The Balaban J connectivity index is 0.000000148. The van der Waals surface area contributed by atoms with E-state index in [1.807, 2.05) is 144 Å². The molecule has 6 aromatic rings. The number of rotatable bonds is 6. The zero-order valence-electron chi connectivity index (χ0n) is 39.1. The topological polar surface area (TPSA) is 151 Å². The minimum atomic E-state index is -0.476. The highest BCUT2D eigenvalue weighted by molar-refractivity contribution is 9.10. The van der Waals surface area contributed by atoms with Crippen molar-refractivity contribution in [3.05, 3.63) is 101 Å². The summed E-state index contributed by atoms with van der Waals surface area (Å²) >= 11 is 3.45. The summed E-state index contributed by atoms with van der Waals surface area (Å²) in [6, 6.07) is 22.6. The molecule has 2 aromatic carbocycles. The average molecular weight is 933 g/mol. The van der Waals surface area contributed by atoms with Gasteiger partial charge in [0.15, 0.2) is 23.2 Å². The van der Waals surface area contributed by atoms with Crippen LogP contribution < -0.4 is 5.46 Å². The molecule has 0 bridgehead atoms. The van der Waals surface area contributed by atoms with Gasteiger partial charge in [-0.05, 0) is 131 Å². The highest BCUT2D eigenvalue weighted by Gasteiger charge is 2.63. The van der Waals surface area contributed by atoms with Crippen LogP contribution in [0.1, 0.15) is 118 Å². The largest absolute Gasteiger partial charge is 0.494 e. The molecule has 0 aliphatic carbocycles. The quantitative estimate of drug-likeness (QED) is 0.116. The van der Waals surface area contributed by atoms with E-state index in [0.717, 1.165) is 31.7 Å². The lowest BCUT2D eigenvalue weighted by molar-refractivity contribution is 0.00578. The van der Waals surface area contributed by atoms with Crippen LogP contribution >= 0.6 is 15.9 Å². The molecule has 0 unspecified atom stereocenters. The minimum absolute atomic E-state index is 0.0560. The number of pyridine rings is 2. The van der Waals surface area contributed by atoms with Crippen LogP contribution in [0.25, 0.3) is 33.4 Å². The number of carbonyl (C=O) groups is 2. The molecule has 0 N–H and O–H groups in total. The van der Waals surface area contributed by atoms with E-state index in [9.17, 15) is 9.59 Å². The summed E-state index contributed by atoms with van der Waals surface area (Å²) in [5.74, 6) is 1.11. The number of halogens is 1. The highest BCUT2D eigenvalue weighted by Crippen LogP contribution is 2.43. The number of ketones is 2. The smallest absolute Gasteiger partial charge is 0.405 e. The van der Waals surface area contributed by atoms with Crippen molar-refractivity contribution in [3.63, 3.8) is 0 Å². The summed E-state index contributed by atoms with van der Waals surface area (Å²) in [5, 5.41) is 10.8. The number of carbonyl (C=O) groups excluding carboxylic acids is 2. The zero-order valence-corrected chi connectivity index (χ0v) is 40.7. The van der Waals surface area contributed by atoms with Crippen LogP contribution in [0.3, 0.4) is 0 Å². The Kier molecular flexibility index (Phi) is 12.6. The van der Waals surface area contributed by atoms with Crippen molar-refractivity contribution in [3.8, 4) is 11.6 Å². The van der Waals surface area contributed by atoms with Gasteiger partial charge in [-0.1, -0.05) is 46.3 Å². The summed E-state index contributed by atoms with van der Waals surface area (Å²) in [5.41, 5.74) is 1.37. The number of benzene rings is 2. The first-order valence-corrected chi connectivity index (χ1v) is 22.1. The Labute approximate surface area is 384 Å². The summed E-state index contributed by atoms with van der Waals surface area (Å²) in [6.45, 7) is 27.4. The van der Waals surface area contributed by atoms with Gasteiger partial charge < -0.3 is 27.9 Å². The lowest BCUT2D eigenvalue weighted by Crippen LogP contribution is -2.41. The van der Waals surface area contributed by atoms with E-state index in [1.54, 1.807) is 33.9 Å². The van der Waals surface area contributed by atoms with Crippen molar-refractivity contribution in [1.82, 2.24) is 29.5 Å². The molecule has 0 spiro atoms. The second kappa shape index (κ2) is 17.0. The molecule has 3 aliphatic rings. The molecule has 3 aliphatic heterocycles. The Morgan fingerprint density at radius 1 is 0.516 bits per heavy atom. The molecule has 9 rings (SSSR count). The van der Waals surface area contributed by atoms with Gasteiger partial charge >= 0.3 is 21.1 Å². The standard InChI is InChI=1S/C20H22BN3O3.C14H10BrN3O.C12H24B2O4/c1-13(25)16-7-6-8-18(23-16)24-17-11-15(10-9-14(17)12-22-24)21-26-19(2,3)20(4,5)27-21;1-9(19)12-3-2-4-14(17-12)18-13-7-11(15)6-5-10(13)8-16-18;1-9(2)10(3,4)16-13(15-9)14-17-11(5,6)12(7,8)18-14/h6-12H,1-5H3;2-8H,1H3;1-8H3. The predicted octanol–water partition coefficient (Wildman–Crippen LogP) is 8.56. The number of aromatic nitrogens is 6. The van der Waals surface area contributed by atoms with Gasteiger partial charge in [-0.2, -0.15) is 10.2 Å². The van der Waals surface area contributed by atoms with E-state index >= 15 is 0 Å². The second-order valence-corrected chi connectivity index (χ2v) is 20.3. The van der Waals surface area contributed by atoms with E-state index in [2.05, 4.69) is 36.1 Å². The van der Waals surface area contributed by atoms with Gasteiger partial charge in [0.1, 0.15) is 11.4 Å². The van der Waals surface area contributed by atoms with E-state index in [0.29, 0.717) is 23.0 Å². The monoisotopic (exact) mass is 932 g/mol. The summed E-state index contributed by atoms with van der Waals surface area (Å²) < 4.78 is 40.6. The molecule has 3 saturated heterocycles. The molecule has 18 heteroatoms. The van der Waals surface area contributed by atoms with Crippen LogP contribution in [0, 0.1) is 0 Å². The molecule has 334 valence electrons. The third-order valence-corrected chi connectivity index (χ3v) is 13.5. The van der Waals surface area contributed by atoms with Crippen LogP contribution in [0.2, 0.25) is 0 Å². The van der Waals surface area contributed by atoms with Crippen molar-refractivity contribution in [2.75, 3.05) is 0 Å². The number of fused-ring (bicyclic) bond motifs is 2. The van der Waals surface area contributed by atoms with Crippen molar-refractivity contribution in [1.29, 1.82) is 0 Å². The summed E-state index contributed by atoms with van der Waals surface area (Å²) in [7, 11) is -1.40. The summed E-state index contributed by atoms with van der Waals surface area (Å²) in [6.07, 6.45) is 3.56. The maximum absolute atomic E-state index is 11.7. The van der Waals surface area contributed by atoms with E-state index in [-0.39, 0.29) is 34.0 Å². The molecular formula is C46H56B3BrN6O8. The first-order valence-electron chi connectivity index (χ1n) is 21.4. The third kappa shape index (κ3) is 9.28. The Morgan fingerprint density at radius 2 is 0.891 bits per heavy atom. The van der Waals surface area contributed by atoms with Crippen molar-refractivity contribution in [2.24, 2.45) is 0 Å². The molecule has 3 fully saturated rings. The molecule has 0 atom stereocenters. The van der Waals surface area contributed by atoms with Crippen LogP contribution in [-0.4, -0.2) is 95.8 Å². The first kappa shape index (κ1) is 47.4. The normalized spacial score (nSPS) is 19.9. The van der Waals surface area contributed by atoms with Crippen LogP contribution in [0.15, 0.2) is 89.7 Å². The lowest BCUT2D eigenvalue weighted by atomic mass is 9.49. The molecule has 7 heterocycles. The highest BCUT2D eigenvalue weighted by atomic mass is 79.9. The lowest BCUT2D eigenvalue weighted by Gasteiger charge is -2.32. The van der Waals surface area contributed by atoms with Gasteiger partial charge in [0.05, 0.1) is 57.0 Å². The van der Waals surface area contributed by atoms with Crippen LogP contribution in [-0.2, 0) is 27.9 Å². The first-order chi connectivity index (χ1) is 29.7. The fourth-order valence-corrected chi connectivity index (χ4v) is 7.34. The molecule has 4 aromatic heterocycles. The Morgan fingerprint density at radius 3 is 1.30 bits per heavy atom. The maximum Gasteiger partial charge on any atom is 0.494 e. The van der Waals surface area contributed by atoms with Gasteiger partial charge in [0.2, 0.25) is 0 Å². The Hall–Kier alpha value is -4.55. The molecule has 14 nitrogen and oxygen atoms in total. The molecule has 0 amide bonds. The van der Waals surface area contributed by atoms with Crippen LogP contribution in [0.5, 0.6) is 0 Å². The molecule has 0 radical (unpaired) electrons. The molecule has 0 saturated carbocycles. The molecular weight excluding hydrogens is 877 g/mol. The summed E-state index contributed by atoms with van der Waals surface area (Å²) in [4.78, 5) is 31.8. The van der Waals surface area contributed by atoms with Crippen molar-refractivity contribution < 1.29 is 37.5 Å². The molecule has 64 heavy (non-hydrogen) atoms. The minimum Gasteiger partial charge on any atom is -0.405 e. The number of hydrogen-bond donors (Lipinski definition) is 0. The fraction of sp³-hybridized carbons (Fsp3) is 0.435. The van der Waals surface area contributed by atoms with Gasteiger partial charge in [0.25, 0.3) is 0 Å². The van der Waals surface area contributed by atoms with Gasteiger partial charge in [-0.3, -0.25) is 9.59 Å². The predicted molar refractivity (Wildman–Crippen MR) is 253 cm³/mol. The van der Waals surface area contributed by atoms with Crippen molar-refractivity contribution in [2.45, 2.75) is 131 Å². The van der Waals surface area contributed by atoms with E-state index in [1.165, 1.54) is 13.8 Å². The number of Topliss-reactive ketones (excluding diaryl/α,β-unsaturated/α-hetero) is 2. The second-order valence-electron chi connectivity index (χ2n) is 19.3. The van der Waals surface area contributed by atoms with Gasteiger partial charge in [0, 0.05) is 29.1 Å².